The van der Waals surface area contributed by atoms with E-state index in [1.165, 1.54) is 42.0 Å². The van der Waals surface area contributed by atoms with Crippen molar-refractivity contribution in [2.24, 2.45) is 0 Å². The molecule has 18 nitrogen and oxygen atoms in total. The minimum atomic E-state index is -3.87. The van der Waals surface area contributed by atoms with Gasteiger partial charge in [0, 0.05) is 51.9 Å². The van der Waals surface area contributed by atoms with Crippen molar-refractivity contribution in [1.82, 2.24) is 14.7 Å². The number of carbonyl (C=O) groups is 4. The minimum Gasteiger partial charge on any atom is -1.00 e. The number of ether oxygens (including phenoxy) is 5. The SMILES string of the molecule is C.C1CCOC1.CC(C)(C)OC(=O)N1CCC[C@]1(C)CO.CCOC(=O)[C@@]1(C)CCCN1C(=O)OC(C)(C)C.Cc1ccc(S(=O)(=O)Cl)cc1.Cc1ccc(S(=O)(=O)OC[C@@]2(C)CCCN2C(=O)OC(C)(C)C)cc1.[B].[H-].[Li+]. The average molecular weight is 1140 g/mol. The largest absolute Gasteiger partial charge is 1.00 e. The van der Waals surface area contributed by atoms with E-state index in [-0.39, 0.29) is 71.2 Å². The van der Waals surface area contributed by atoms with Gasteiger partial charge in [0.1, 0.15) is 22.3 Å². The number of aryl methyl sites for hydroxylation is 2. The summed E-state index contributed by atoms with van der Waals surface area (Å²) in [6.45, 7) is 31.3. The molecule has 0 saturated carbocycles. The van der Waals surface area contributed by atoms with E-state index in [2.05, 4.69) is 0 Å². The second kappa shape index (κ2) is 32.0. The fourth-order valence-corrected chi connectivity index (χ4v) is 9.66. The Hall–Kier alpha value is -3.55. The van der Waals surface area contributed by atoms with E-state index < -0.39 is 64.8 Å². The van der Waals surface area contributed by atoms with Crippen molar-refractivity contribution < 1.29 is 89.3 Å². The fourth-order valence-electron chi connectivity index (χ4n) is 7.88. The summed E-state index contributed by atoms with van der Waals surface area (Å²) in [5, 5.41) is 9.29. The summed E-state index contributed by atoms with van der Waals surface area (Å²) in [5.74, 6) is -0.353. The second-order valence-corrected chi connectivity index (χ2v) is 26.6. The molecule has 0 spiro atoms. The molecular formula is C54H91BClLiN3O15S2. The van der Waals surface area contributed by atoms with E-state index in [1.54, 1.807) is 68.7 Å². The van der Waals surface area contributed by atoms with Gasteiger partial charge in [-0.1, -0.05) is 42.8 Å². The predicted octanol–water partition coefficient (Wildman–Crippen LogP) is 7.69. The molecule has 3 radical (unpaired) electrons. The van der Waals surface area contributed by atoms with Crippen LogP contribution in [0.25, 0.3) is 0 Å². The molecule has 23 heteroatoms. The molecule has 4 aliphatic rings. The Morgan fingerprint density at radius 2 is 1.00 bits per heavy atom. The summed E-state index contributed by atoms with van der Waals surface area (Å²) < 4.78 is 77.5. The molecule has 4 heterocycles. The van der Waals surface area contributed by atoms with Crippen LogP contribution in [0.4, 0.5) is 14.4 Å². The molecule has 77 heavy (non-hydrogen) atoms. The number of likely N-dealkylation sites (tertiary alicyclic amines) is 3. The number of carbonyl (C=O) groups excluding carboxylic acids is 4. The smallest absolute Gasteiger partial charge is 1.00 e. The number of rotatable bonds is 8. The summed E-state index contributed by atoms with van der Waals surface area (Å²) in [7, 11) is -2.33. The summed E-state index contributed by atoms with van der Waals surface area (Å²) in [6.07, 6.45) is 5.95. The standard InChI is InChI=1S/C18H27NO5S.C13H23NO4.C11H21NO3.C7H7ClO2S.C4H8O.CH4.B.Li.H/c1-14-7-9-15(10-8-14)25(21,22)23-13-18(5)11-6-12-19(18)16(20)24-17(2,3)4;1-6-17-10(15)13(5)8-7-9-14(13)11(16)18-12(2,3)4;1-10(2,3)15-9(14)12-7-5-6-11(12,4)8-13;1-6-2-4-7(5-3-6)11(8,9)10;1-2-4-5-3-1;;;;/h7-10H,6,11-13H2,1-5H3;6-9H2,1-5H3;13H,5-8H2,1-4H3;2-5H,1H3;1-4H2;1H4;;;/q;;;;;;;+1;-1/t18-;13-;11-;;;;;;/m111....../s1. The van der Waals surface area contributed by atoms with Gasteiger partial charge in [-0.2, -0.15) is 8.42 Å². The topological polar surface area (TPSA) is 222 Å². The van der Waals surface area contributed by atoms with E-state index >= 15 is 0 Å². The van der Waals surface area contributed by atoms with Crippen molar-refractivity contribution in [3.05, 3.63) is 59.7 Å². The van der Waals surface area contributed by atoms with Crippen molar-refractivity contribution in [3.63, 3.8) is 0 Å². The molecule has 6 rings (SSSR count). The van der Waals surface area contributed by atoms with E-state index in [4.69, 9.17) is 38.5 Å². The van der Waals surface area contributed by atoms with E-state index in [9.17, 15) is 41.1 Å². The number of hydrogen-bond donors (Lipinski definition) is 1. The Bertz CT molecular complexity index is 2360. The predicted molar refractivity (Wildman–Crippen MR) is 298 cm³/mol. The van der Waals surface area contributed by atoms with Gasteiger partial charge in [-0.25, -0.2) is 27.6 Å². The third kappa shape index (κ3) is 25.6. The first kappa shape index (κ1) is 75.5. The zero-order valence-corrected chi connectivity index (χ0v) is 50.6. The van der Waals surface area contributed by atoms with Gasteiger partial charge in [0.2, 0.25) is 0 Å². The van der Waals surface area contributed by atoms with Crippen LogP contribution in [0.15, 0.2) is 58.3 Å². The van der Waals surface area contributed by atoms with Gasteiger partial charge in [0.05, 0.1) is 40.7 Å². The summed E-state index contributed by atoms with van der Waals surface area (Å²) in [4.78, 5) is 53.2. The Kier molecular flexibility index (Phi) is 31.4. The molecule has 4 fully saturated rings. The quantitative estimate of drug-likeness (QED) is 0.0880. The van der Waals surface area contributed by atoms with Crippen LogP contribution < -0.4 is 18.9 Å². The molecule has 2 aromatic carbocycles. The number of benzene rings is 2. The Morgan fingerprint density at radius 3 is 1.36 bits per heavy atom. The van der Waals surface area contributed by atoms with Gasteiger partial charge >= 0.3 is 43.1 Å². The molecule has 4 aliphatic heterocycles. The summed E-state index contributed by atoms with van der Waals surface area (Å²) >= 11 is 0. The average Bonchev–Trinajstić information content (AvgIpc) is 4.12. The van der Waals surface area contributed by atoms with E-state index in [0.29, 0.717) is 39.1 Å². The van der Waals surface area contributed by atoms with Crippen molar-refractivity contribution in [1.29, 1.82) is 0 Å². The van der Waals surface area contributed by atoms with E-state index in [0.717, 1.165) is 50.0 Å². The number of amides is 3. The van der Waals surface area contributed by atoms with Gasteiger partial charge in [0.25, 0.3) is 19.2 Å². The third-order valence-electron chi connectivity index (χ3n) is 12.0. The van der Waals surface area contributed by atoms with Crippen molar-refractivity contribution in [2.45, 2.75) is 206 Å². The maximum absolute atomic E-state index is 12.4. The van der Waals surface area contributed by atoms with Crippen LogP contribution in [0.2, 0.25) is 0 Å². The first-order chi connectivity index (χ1) is 33.9. The molecule has 0 bridgehead atoms. The second-order valence-electron chi connectivity index (χ2n) is 22.5. The number of hydrogen-bond acceptors (Lipinski definition) is 15. The van der Waals surface area contributed by atoms with Crippen LogP contribution in [0.5, 0.6) is 0 Å². The Balaban J connectivity index is -0.000000946. The van der Waals surface area contributed by atoms with Crippen LogP contribution in [-0.2, 0) is 51.8 Å². The molecule has 4 saturated heterocycles. The maximum atomic E-state index is 12.4. The number of aliphatic hydroxyl groups excluding tert-OH is 1. The number of esters is 1. The van der Waals surface area contributed by atoms with Crippen LogP contribution in [0.1, 0.15) is 161 Å². The first-order valence-electron chi connectivity index (χ1n) is 25.3. The molecule has 3 amide bonds. The number of aliphatic hydroxyl groups is 1. The Morgan fingerprint density at radius 1 is 0.636 bits per heavy atom. The van der Waals surface area contributed by atoms with Gasteiger partial charge < -0.3 is 40.0 Å². The molecular weight excluding hydrogens is 1050 g/mol. The summed E-state index contributed by atoms with van der Waals surface area (Å²) in [6, 6.07) is 12.9. The van der Waals surface area contributed by atoms with Crippen LogP contribution in [0, 0.1) is 13.8 Å². The fraction of sp³-hybridized carbons (Fsp3) is 0.704. The number of nitrogens with zero attached hydrogens (tertiary/aromatic N) is 3. The first-order valence-corrected chi connectivity index (χ1v) is 29.0. The normalized spacial score (nSPS) is 21.0. The maximum Gasteiger partial charge on any atom is 1.00 e. The van der Waals surface area contributed by atoms with Crippen molar-refractivity contribution in [3.8, 4) is 0 Å². The zero-order chi connectivity index (χ0) is 56.6. The van der Waals surface area contributed by atoms with E-state index in [1.807, 2.05) is 69.2 Å². The molecule has 435 valence electrons. The van der Waals surface area contributed by atoms with Crippen LogP contribution in [-0.4, -0.2) is 155 Å². The molecule has 2 aromatic rings. The molecule has 0 aromatic heterocycles. The molecule has 0 aliphatic carbocycles. The summed E-state index contributed by atoms with van der Waals surface area (Å²) in [5.41, 5.74) is -1.70. The monoisotopic (exact) mass is 1140 g/mol. The van der Waals surface area contributed by atoms with Gasteiger partial charge in [0.15, 0.2) is 0 Å². The van der Waals surface area contributed by atoms with Gasteiger partial charge in [-0.3, -0.25) is 9.08 Å². The van der Waals surface area contributed by atoms with Crippen molar-refractivity contribution >= 4 is 62.5 Å². The molecule has 0 unspecified atom stereocenters. The van der Waals surface area contributed by atoms with Crippen LogP contribution >= 0.6 is 10.7 Å². The number of halogens is 1. The van der Waals surface area contributed by atoms with Crippen molar-refractivity contribution in [2.75, 3.05) is 52.7 Å². The van der Waals surface area contributed by atoms with Gasteiger partial charge in [-0.15, -0.1) is 0 Å². The Labute approximate surface area is 482 Å². The van der Waals surface area contributed by atoms with Gasteiger partial charge in [-0.05, 0) is 179 Å². The molecule has 1 N–H and O–H groups in total. The van der Waals surface area contributed by atoms with Crippen LogP contribution in [0.3, 0.4) is 0 Å². The molecule has 3 atom stereocenters. The zero-order valence-electron chi connectivity index (χ0n) is 49.2. The third-order valence-corrected chi connectivity index (χ3v) is 14.6. The minimum absolute atomic E-state index is 0.